The van der Waals surface area contributed by atoms with Crippen molar-refractivity contribution in [1.82, 2.24) is 5.32 Å². The Hall–Kier alpha value is -2.46. The van der Waals surface area contributed by atoms with Crippen molar-refractivity contribution in [3.63, 3.8) is 0 Å². The molecule has 1 N–H and O–H groups in total. The lowest BCUT2D eigenvalue weighted by Gasteiger charge is -2.26. The zero-order chi connectivity index (χ0) is 16.0. The van der Waals surface area contributed by atoms with E-state index in [2.05, 4.69) is 23.2 Å². The number of hydrogen-bond acceptors (Lipinski definition) is 3. The summed E-state index contributed by atoms with van der Waals surface area (Å²) in [6, 6.07) is 14.9. The molecule has 2 aromatic carbocycles. The zero-order valence-corrected chi connectivity index (χ0v) is 13.2. The Bertz CT molecular complexity index is 838. The van der Waals surface area contributed by atoms with Gasteiger partial charge in [-0.15, -0.1) is 0 Å². The average Bonchev–Trinajstić information content (AvgIpc) is 2.89. The summed E-state index contributed by atoms with van der Waals surface area (Å²) in [6.07, 6.45) is 0.191. The number of rotatable bonds is 1. The van der Waals surface area contributed by atoms with E-state index in [0.29, 0.717) is 11.3 Å². The van der Waals surface area contributed by atoms with Crippen LogP contribution < -0.4 is 10.2 Å². The molecule has 0 bridgehead atoms. The second kappa shape index (κ2) is 5.32. The van der Waals surface area contributed by atoms with Gasteiger partial charge in [-0.1, -0.05) is 30.3 Å². The molecule has 0 radical (unpaired) electrons. The van der Waals surface area contributed by atoms with Crippen LogP contribution in [0.25, 0.3) is 0 Å². The van der Waals surface area contributed by atoms with E-state index < -0.39 is 0 Å². The maximum atomic E-state index is 14.4. The Morgan fingerprint density at radius 1 is 1.09 bits per heavy atom. The third-order valence-electron chi connectivity index (χ3n) is 4.49. The molecule has 0 saturated carbocycles. The highest BCUT2D eigenvalue weighted by Gasteiger charge is 2.32. The highest BCUT2D eigenvalue weighted by Crippen LogP contribution is 2.35. The predicted octanol–water partition coefficient (Wildman–Crippen LogP) is 3.66. The highest BCUT2D eigenvalue weighted by atomic mass is 19.1. The van der Waals surface area contributed by atoms with Crippen molar-refractivity contribution in [2.45, 2.75) is 20.0 Å². The third-order valence-corrected chi connectivity index (χ3v) is 4.49. The fraction of sp³-hybridized carbons (Fsp3) is 0.211. The number of aliphatic imine (C=N–C) groups is 1. The molecule has 2 aliphatic rings. The minimum Gasteiger partial charge on any atom is -0.326 e. The van der Waals surface area contributed by atoms with Crippen LogP contribution in [-0.4, -0.2) is 18.4 Å². The maximum Gasteiger partial charge on any atom is 0.132 e. The SMILES string of the molecule is CC1=C2CNC(C)N2c2ccccc2C(c2ccccc2F)=N1. The van der Waals surface area contributed by atoms with Crippen LogP contribution in [0.2, 0.25) is 0 Å². The normalized spacial score (nSPS) is 20.0. The van der Waals surface area contributed by atoms with Crippen molar-refractivity contribution in [1.29, 1.82) is 0 Å². The Labute approximate surface area is 135 Å². The molecular weight excluding hydrogens is 289 g/mol. The Balaban J connectivity index is 2.01. The summed E-state index contributed by atoms with van der Waals surface area (Å²) in [4.78, 5) is 7.07. The third kappa shape index (κ3) is 2.18. The van der Waals surface area contributed by atoms with E-state index >= 15 is 0 Å². The molecule has 23 heavy (non-hydrogen) atoms. The molecule has 1 saturated heterocycles. The zero-order valence-electron chi connectivity index (χ0n) is 13.2. The molecule has 4 heteroatoms. The van der Waals surface area contributed by atoms with E-state index in [0.717, 1.165) is 29.2 Å². The summed E-state index contributed by atoms with van der Waals surface area (Å²) in [5, 5.41) is 3.45. The van der Waals surface area contributed by atoms with Crippen LogP contribution in [0.5, 0.6) is 0 Å². The summed E-state index contributed by atoms with van der Waals surface area (Å²) >= 11 is 0. The molecule has 1 unspecified atom stereocenters. The first kappa shape index (κ1) is 14.2. The van der Waals surface area contributed by atoms with Crippen molar-refractivity contribution in [2.24, 2.45) is 4.99 Å². The van der Waals surface area contributed by atoms with Gasteiger partial charge < -0.3 is 4.90 Å². The van der Waals surface area contributed by atoms with Crippen molar-refractivity contribution in [2.75, 3.05) is 11.4 Å². The van der Waals surface area contributed by atoms with Crippen LogP contribution in [0.4, 0.5) is 10.1 Å². The van der Waals surface area contributed by atoms with Gasteiger partial charge in [0.1, 0.15) is 5.82 Å². The minimum absolute atomic E-state index is 0.191. The number of para-hydroxylation sites is 1. The number of halogens is 1. The number of nitrogens with one attached hydrogen (secondary N) is 1. The quantitative estimate of drug-likeness (QED) is 0.870. The summed E-state index contributed by atoms with van der Waals surface area (Å²) in [7, 11) is 0. The topological polar surface area (TPSA) is 27.6 Å². The van der Waals surface area contributed by atoms with Crippen molar-refractivity contribution >= 4 is 11.4 Å². The molecule has 2 aromatic rings. The molecule has 3 nitrogen and oxygen atoms in total. The number of anilines is 1. The van der Waals surface area contributed by atoms with Gasteiger partial charge in [0.15, 0.2) is 0 Å². The lowest BCUT2D eigenvalue weighted by molar-refractivity contribution is 0.625. The van der Waals surface area contributed by atoms with E-state index in [4.69, 9.17) is 4.99 Å². The van der Waals surface area contributed by atoms with Crippen LogP contribution in [0, 0.1) is 5.82 Å². The largest absolute Gasteiger partial charge is 0.326 e. The first-order valence-electron chi connectivity index (χ1n) is 7.82. The summed E-state index contributed by atoms with van der Waals surface area (Å²) in [5.74, 6) is -0.243. The van der Waals surface area contributed by atoms with E-state index in [9.17, 15) is 4.39 Å². The van der Waals surface area contributed by atoms with Gasteiger partial charge >= 0.3 is 0 Å². The van der Waals surface area contributed by atoms with E-state index in [1.54, 1.807) is 12.1 Å². The van der Waals surface area contributed by atoms with Gasteiger partial charge in [0.05, 0.1) is 29.0 Å². The van der Waals surface area contributed by atoms with Crippen LogP contribution in [0.15, 0.2) is 64.9 Å². The minimum atomic E-state index is -0.243. The average molecular weight is 307 g/mol. The van der Waals surface area contributed by atoms with Crippen LogP contribution in [0.1, 0.15) is 25.0 Å². The molecule has 0 amide bonds. The second-order valence-electron chi connectivity index (χ2n) is 5.92. The molecule has 116 valence electrons. The lowest BCUT2D eigenvalue weighted by Crippen LogP contribution is -2.32. The van der Waals surface area contributed by atoms with Crippen molar-refractivity contribution in [3.8, 4) is 0 Å². The van der Waals surface area contributed by atoms with Gasteiger partial charge in [-0.3, -0.25) is 10.3 Å². The van der Waals surface area contributed by atoms with Crippen molar-refractivity contribution < 1.29 is 4.39 Å². The number of benzene rings is 2. The van der Waals surface area contributed by atoms with Gasteiger partial charge in [-0.25, -0.2) is 4.39 Å². The van der Waals surface area contributed by atoms with Crippen LogP contribution in [0.3, 0.4) is 0 Å². The van der Waals surface area contributed by atoms with Gasteiger partial charge in [0.2, 0.25) is 0 Å². The number of fused-ring (bicyclic) bond motifs is 3. The molecule has 0 spiro atoms. The van der Waals surface area contributed by atoms with Crippen LogP contribution in [-0.2, 0) is 0 Å². The Morgan fingerprint density at radius 2 is 1.78 bits per heavy atom. The van der Waals surface area contributed by atoms with E-state index in [1.807, 2.05) is 31.2 Å². The van der Waals surface area contributed by atoms with Gasteiger partial charge in [-0.2, -0.15) is 0 Å². The maximum absolute atomic E-state index is 14.4. The smallest absolute Gasteiger partial charge is 0.132 e. The van der Waals surface area contributed by atoms with Gasteiger partial charge in [0, 0.05) is 17.7 Å². The molecular formula is C19H18FN3. The van der Waals surface area contributed by atoms with Gasteiger partial charge in [-0.05, 0) is 32.0 Å². The molecule has 1 atom stereocenters. The van der Waals surface area contributed by atoms with E-state index in [-0.39, 0.29) is 12.0 Å². The van der Waals surface area contributed by atoms with Crippen LogP contribution >= 0.6 is 0 Å². The monoisotopic (exact) mass is 307 g/mol. The van der Waals surface area contributed by atoms with E-state index in [1.165, 1.54) is 6.07 Å². The molecule has 2 heterocycles. The predicted molar refractivity (Wildman–Crippen MR) is 91.1 cm³/mol. The van der Waals surface area contributed by atoms with Crippen molar-refractivity contribution in [3.05, 3.63) is 76.9 Å². The highest BCUT2D eigenvalue weighted by molar-refractivity contribution is 6.17. The molecule has 4 rings (SSSR count). The summed E-state index contributed by atoms with van der Waals surface area (Å²) < 4.78 is 14.4. The number of hydrogen-bond donors (Lipinski definition) is 1. The summed E-state index contributed by atoms with van der Waals surface area (Å²) in [6.45, 7) is 4.90. The van der Waals surface area contributed by atoms with Gasteiger partial charge in [0.25, 0.3) is 0 Å². The number of nitrogens with zero attached hydrogens (tertiary/aromatic N) is 2. The standard InChI is InChI=1S/C19H18FN3/c1-12-18-11-21-13(2)23(18)17-10-6-4-8-15(17)19(22-12)14-7-3-5-9-16(14)20/h3-10,13,21H,11H2,1-2H3. The first-order chi connectivity index (χ1) is 11.2. The lowest BCUT2D eigenvalue weighted by atomic mass is 9.99. The first-order valence-corrected chi connectivity index (χ1v) is 7.82. The summed E-state index contributed by atoms with van der Waals surface area (Å²) in [5.41, 5.74) is 5.35. The Kier molecular flexibility index (Phi) is 3.27. The molecule has 1 fully saturated rings. The fourth-order valence-electron chi connectivity index (χ4n) is 3.35. The second-order valence-corrected chi connectivity index (χ2v) is 5.92. The Morgan fingerprint density at radius 3 is 2.57 bits per heavy atom. The molecule has 0 aromatic heterocycles. The fourth-order valence-corrected chi connectivity index (χ4v) is 3.35. The molecule has 0 aliphatic carbocycles. The molecule has 2 aliphatic heterocycles. The number of allylic oxidation sites excluding steroid dienone is 1.